The van der Waals surface area contributed by atoms with Gasteiger partial charge in [0.2, 0.25) is 0 Å². The third-order valence-corrected chi connectivity index (χ3v) is 5.43. The molecule has 1 N–H and O–H groups in total. The monoisotopic (exact) mass is 407 g/mol. The molecule has 0 spiro atoms. The third kappa shape index (κ3) is 4.74. The lowest BCUT2D eigenvalue weighted by Crippen LogP contribution is -2.20. The number of aromatic nitrogens is 3. The first-order valence-electron chi connectivity index (χ1n) is 9.37. The number of nitrogens with one attached hydrogen (secondary N) is 1. The number of benzene rings is 1. The fraction of sp³-hybridized carbons (Fsp3) is 0.273. The number of amides is 1. The Morgan fingerprint density at radius 2 is 1.97 bits per heavy atom. The van der Waals surface area contributed by atoms with E-state index in [4.69, 9.17) is 0 Å². The van der Waals surface area contributed by atoms with Gasteiger partial charge in [-0.05, 0) is 39.3 Å². The fourth-order valence-corrected chi connectivity index (χ4v) is 4.09. The van der Waals surface area contributed by atoms with Crippen molar-refractivity contribution in [2.24, 2.45) is 5.10 Å². The lowest BCUT2D eigenvalue weighted by atomic mass is 10.1. The maximum atomic E-state index is 12.2. The Kier molecular flexibility index (Phi) is 6.49. The zero-order valence-corrected chi connectivity index (χ0v) is 18.0. The largest absolute Gasteiger partial charge is 0.340 e. The van der Waals surface area contributed by atoms with Crippen LogP contribution >= 0.6 is 11.8 Å². The highest BCUT2D eigenvalue weighted by Gasteiger charge is 2.13. The van der Waals surface area contributed by atoms with Crippen molar-refractivity contribution in [1.82, 2.24) is 20.0 Å². The van der Waals surface area contributed by atoms with E-state index in [1.54, 1.807) is 6.21 Å². The van der Waals surface area contributed by atoms with Crippen molar-refractivity contribution in [2.75, 3.05) is 5.75 Å². The van der Waals surface area contributed by atoms with E-state index in [0.29, 0.717) is 5.16 Å². The third-order valence-electron chi connectivity index (χ3n) is 4.58. The molecule has 0 bridgehead atoms. The SMILES string of the molecule is C=CCn1c(C)c(/C=N/NC(=O)CSc2nc(C)cc(C)n2)c2cccc(C)c21. The number of allylic oxidation sites excluding steroid dienone is 1. The van der Waals surface area contributed by atoms with Gasteiger partial charge in [-0.3, -0.25) is 4.79 Å². The van der Waals surface area contributed by atoms with Crippen LogP contribution in [-0.2, 0) is 11.3 Å². The molecule has 0 aliphatic heterocycles. The van der Waals surface area contributed by atoms with Gasteiger partial charge in [0.15, 0.2) is 5.16 Å². The van der Waals surface area contributed by atoms with Gasteiger partial charge in [0.05, 0.1) is 17.5 Å². The van der Waals surface area contributed by atoms with E-state index < -0.39 is 0 Å². The van der Waals surface area contributed by atoms with Gasteiger partial charge in [0.1, 0.15) is 0 Å². The highest BCUT2D eigenvalue weighted by atomic mass is 32.2. The number of para-hydroxylation sites is 1. The number of hydrazone groups is 1. The molecular formula is C22H25N5OS. The van der Waals surface area contributed by atoms with Gasteiger partial charge in [-0.25, -0.2) is 15.4 Å². The van der Waals surface area contributed by atoms with Crippen LogP contribution in [0.5, 0.6) is 0 Å². The summed E-state index contributed by atoms with van der Waals surface area (Å²) in [5.41, 5.74) is 8.83. The number of aryl methyl sites for hydroxylation is 3. The lowest BCUT2D eigenvalue weighted by molar-refractivity contribution is -0.118. The Morgan fingerprint density at radius 3 is 2.66 bits per heavy atom. The summed E-state index contributed by atoms with van der Waals surface area (Å²) in [6.45, 7) is 12.6. The van der Waals surface area contributed by atoms with Crippen molar-refractivity contribution >= 4 is 34.8 Å². The molecule has 0 unspecified atom stereocenters. The molecular weight excluding hydrogens is 382 g/mol. The van der Waals surface area contributed by atoms with Gasteiger partial charge in [0.25, 0.3) is 5.91 Å². The number of thioether (sulfide) groups is 1. The first kappa shape index (κ1) is 20.8. The molecule has 7 heteroatoms. The van der Waals surface area contributed by atoms with E-state index in [9.17, 15) is 4.79 Å². The second-order valence-electron chi connectivity index (χ2n) is 6.88. The second kappa shape index (κ2) is 9.05. The molecule has 0 atom stereocenters. The summed E-state index contributed by atoms with van der Waals surface area (Å²) in [6.07, 6.45) is 3.60. The van der Waals surface area contributed by atoms with Gasteiger partial charge >= 0.3 is 0 Å². The van der Waals surface area contributed by atoms with E-state index >= 15 is 0 Å². The van der Waals surface area contributed by atoms with E-state index in [0.717, 1.165) is 34.6 Å². The molecule has 3 rings (SSSR count). The summed E-state index contributed by atoms with van der Waals surface area (Å²) in [5.74, 6) is 0.00831. The van der Waals surface area contributed by atoms with Crippen molar-refractivity contribution in [3.05, 3.63) is 65.1 Å². The summed E-state index contributed by atoms with van der Waals surface area (Å²) in [7, 11) is 0. The lowest BCUT2D eigenvalue weighted by Gasteiger charge is -2.06. The molecule has 2 aromatic heterocycles. The van der Waals surface area contributed by atoms with Crippen molar-refractivity contribution in [1.29, 1.82) is 0 Å². The van der Waals surface area contributed by atoms with Crippen LogP contribution in [-0.4, -0.2) is 32.4 Å². The van der Waals surface area contributed by atoms with Crippen LogP contribution in [0.2, 0.25) is 0 Å². The average Bonchev–Trinajstić information content (AvgIpc) is 2.93. The van der Waals surface area contributed by atoms with Crippen LogP contribution in [0.25, 0.3) is 10.9 Å². The summed E-state index contributed by atoms with van der Waals surface area (Å²) >= 11 is 1.30. The molecule has 1 aromatic carbocycles. The van der Waals surface area contributed by atoms with Gasteiger partial charge < -0.3 is 4.57 Å². The summed E-state index contributed by atoms with van der Waals surface area (Å²) in [5, 5.41) is 5.89. The van der Waals surface area contributed by atoms with Gasteiger partial charge in [-0.1, -0.05) is 36.0 Å². The first-order chi connectivity index (χ1) is 13.9. The zero-order chi connectivity index (χ0) is 21.0. The maximum Gasteiger partial charge on any atom is 0.250 e. The molecule has 1 amide bonds. The van der Waals surface area contributed by atoms with E-state index in [2.05, 4.69) is 57.6 Å². The number of nitrogens with zero attached hydrogens (tertiary/aromatic N) is 4. The Labute approximate surface area is 175 Å². The Hall–Kier alpha value is -2.93. The Balaban J connectivity index is 1.72. The van der Waals surface area contributed by atoms with Gasteiger partial charge in [-0.15, -0.1) is 6.58 Å². The quantitative estimate of drug-likeness (QED) is 0.210. The predicted octanol–water partition coefficient (Wildman–Crippen LogP) is 4.09. The van der Waals surface area contributed by atoms with E-state index in [-0.39, 0.29) is 11.7 Å². The highest BCUT2D eigenvalue weighted by Crippen LogP contribution is 2.27. The Bertz CT molecular complexity index is 1080. The minimum atomic E-state index is -0.197. The van der Waals surface area contributed by atoms with Crippen LogP contribution in [0, 0.1) is 27.7 Å². The molecule has 2 heterocycles. The average molecular weight is 408 g/mol. The predicted molar refractivity (Wildman–Crippen MR) is 120 cm³/mol. The highest BCUT2D eigenvalue weighted by molar-refractivity contribution is 7.99. The van der Waals surface area contributed by atoms with Gasteiger partial charge in [-0.2, -0.15) is 5.10 Å². The van der Waals surface area contributed by atoms with Crippen LogP contribution in [0.4, 0.5) is 0 Å². The number of carbonyl (C=O) groups is 1. The molecule has 0 aliphatic rings. The van der Waals surface area contributed by atoms with Crippen molar-refractivity contribution < 1.29 is 4.79 Å². The topological polar surface area (TPSA) is 72.2 Å². The number of hydrogen-bond acceptors (Lipinski definition) is 5. The van der Waals surface area contributed by atoms with Crippen molar-refractivity contribution in [3.8, 4) is 0 Å². The van der Waals surface area contributed by atoms with Crippen LogP contribution in [0.15, 0.2) is 47.2 Å². The van der Waals surface area contributed by atoms with Crippen molar-refractivity contribution in [3.63, 3.8) is 0 Å². The fourth-order valence-electron chi connectivity index (χ4n) is 3.35. The molecule has 29 heavy (non-hydrogen) atoms. The number of rotatable bonds is 7. The maximum absolute atomic E-state index is 12.2. The summed E-state index contributed by atoms with van der Waals surface area (Å²) < 4.78 is 2.22. The second-order valence-corrected chi connectivity index (χ2v) is 7.83. The van der Waals surface area contributed by atoms with Crippen LogP contribution in [0.3, 0.4) is 0 Å². The summed E-state index contributed by atoms with van der Waals surface area (Å²) in [4.78, 5) is 20.8. The molecule has 150 valence electrons. The standard InChI is InChI=1S/C22H25N5OS/c1-6-10-27-17(5)19(18-9-7-8-14(2)21(18)27)12-23-26-20(28)13-29-22-24-15(3)11-16(4)25-22/h6-9,11-12H,1,10,13H2,2-5H3,(H,26,28)/b23-12+. The number of hydrogen-bond donors (Lipinski definition) is 1. The zero-order valence-electron chi connectivity index (χ0n) is 17.2. The molecule has 0 saturated heterocycles. The molecule has 0 aliphatic carbocycles. The molecule has 0 radical (unpaired) electrons. The minimum absolute atomic E-state index is 0.197. The van der Waals surface area contributed by atoms with Gasteiger partial charge in [0, 0.05) is 34.6 Å². The van der Waals surface area contributed by atoms with E-state index in [1.165, 1.54) is 22.8 Å². The smallest absolute Gasteiger partial charge is 0.250 e. The number of fused-ring (bicyclic) bond motifs is 1. The van der Waals surface area contributed by atoms with Crippen LogP contribution < -0.4 is 5.43 Å². The molecule has 0 saturated carbocycles. The molecule has 0 fully saturated rings. The van der Waals surface area contributed by atoms with Crippen molar-refractivity contribution in [2.45, 2.75) is 39.4 Å². The molecule has 6 nitrogen and oxygen atoms in total. The first-order valence-corrected chi connectivity index (χ1v) is 10.4. The molecule has 3 aromatic rings. The number of carbonyl (C=O) groups excluding carboxylic acids is 1. The van der Waals surface area contributed by atoms with E-state index in [1.807, 2.05) is 32.1 Å². The Morgan fingerprint density at radius 1 is 1.24 bits per heavy atom. The normalized spacial score (nSPS) is 11.3. The van der Waals surface area contributed by atoms with Crippen LogP contribution in [0.1, 0.15) is 28.2 Å². The minimum Gasteiger partial charge on any atom is -0.340 e. The summed E-state index contributed by atoms with van der Waals surface area (Å²) in [6, 6.07) is 8.11.